The van der Waals surface area contributed by atoms with Crippen LogP contribution in [0.2, 0.25) is 0 Å². The van der Waals surface area contributed by atoms with E-state index < -0.39 is 12.2 Å². The topological polar surface area (TPSA) is 86.8 Å². The van der Waals surface area contributed by atoms with Crippen LogP contribution in [0.25, 0.3) is 0 Å². The number of nitrogens with two attached hydrogens (primary N) is 1. The summed E-state index contributed by atoms with van der Waals surface area (Å²) in [6, 6.07) is 5.27. The fraction of sp³-hybridized carbons (Fsp3) is 0.400. The minimum absolute atomic E-state index is 0.150. The lowest BCUT2D eigenvalue weighted by Gasteiger charge is -2.15. The summed E-state index contributed by atoms with van der Waals surface area (Å²) in [5.41, 5.74) is 7.59. The molecule has 1 saturated heterocycles. The number of β-amino-alcohol motifs (C(OH)–C–C–N with tert-alkyl or cyclic N) is 2. The highest BCUT2D eigenvalue weighted by atomic mass is 16.3. The number of aryl methyl sites for hydroxylation is 1. The summed E-state index contributed by atoms with van der Waals surface area (Å²) in [6.07, 6.45) is -1.75. The third-order valence-electron chi connectivity index (χ3n) is 3.36. The number of aliphatic hydroxyl groups excluding tert-OH is 2. The SMILES string of the molecule is Cc1ccc(C(=O)N2CC(O)C(O)C2)cc1C#CCN. The van der Waals surface area contributed by atoms with E-state index in [1.807, 2.05) is 13.0 Å². The molecule has 1 aliphatic rings. The average molecular weight is 274 g/mol. The van der Waals surface area contributed by atoms with Crippen molar-refractivity contribution in [2.45, 2.75) is 19.1 Å². The minimum atomic E-state index is -0.874. The molecule has 1 fully saturated rings. The van der Waals surface area contributed by atoms with Gasteiger partial charge in [-0.1, -0.05) is 17.9 Å². The lowest BCUT2D eigenvalue weighted by atomic mass is 10.0. The summed E-state index contributed by atoms with van der Waals surface area (Å²) in [6.45, 7) is 2.48. The number of benzene rings is 1. The highest BCUT2D eigenvalue weighted by Crippen LogP contribution is 2.16. The van der Waals surface area contributed by atoms with Crippen molar-refractivity contribution in [3.8, 4) is 11.8 Å². The number of hydrogen-bond acceptors (Lipinski definition) is 4. The second-order valence-electron chi connectivity index (χ2n) is 4.88. The van der Waals surface area contributed by atoms with Gasteiger partial charge >= 0.3 is 0 Å². The van der Waals surface area contributed by atoms with Crippen LogP contribution in [-0.2, 0) is 0 Å². The predicted molar refractivity (Wildman–Crippen MR) is 75.0 cm³/mol. The number of amides is 1. The van der Waals surface area contributed by atoms with E-state index in [4.69, 9.17) is 5.73 Å². The Bertz CT molecular complexity index is 564. The zero-order valence-corrected chi connectivity index (χ0v) is 11.3. The molecule has 5 heteroatoms. The summed E-state index contributed by atoms with van der Waals surface area (Å²) in [5.74, 6) is 5.49. The number of rotatable bonds is 1. The van der Waals surface area contributed by atoms with Crippen LogP contribution >= 0.6 is 0 Å². The first-order chi connectivity index (χ1) is 9.52. The fourth-order valence-corrected chi connectivity index (χ4v) is 2.15. The molecule has 0 spiro atoms. The van der Waals surface area contributed by atoms with Crippen molar-refractivity contribution in [2.75, 3.05) is 19.6 Å². The van der Waals surface area contributed by atoms with Gasteiger partial charge in [0.15, 0.2) is 0 Å². The Morgan fingerprint density at radius 2 is 2.05 bits per heavy atom. The Morgan fingerprint density at radius 3 is 2.65 bits per heavy atom. The first-order valence-electron chi connectivity index (χ1n) is 6.48. The Balaban J connectivity index is 2.23. The van der Waals surface area contributed by atoms with Gasteiger partial charge in [0.2, 0.25) is 0 Å². The molecule has 1 aliphatic heterocycles. The number of hydrogen-bond donors (Lipinski definition) is 3. The van der Waals surface area contributed by atoms with Gasteiger partial charge in [0.05, 0.1) is 18.8 Å². The van der Waals surface area contributed by atoms with E-state index in [0.717, 1.165) is 11.1 Å². The van der Waals surface area contributed by atoms with Crippen molar-refractivity contribution >= 4 is 5.91 Å². The quantitative estimate of drug-likeness (QED) is 0.602. The number of aliphatic hydroxyl groups is 2. The van der Waals surface area contributed by atoms with Crippen LogP contribution in [0, 0.1) is 18.8 Å². The Morgan fingerprint density at radius 1 is 1.40 bits per heavy atom. The Hall–Kier alpha value is -1.87. The molecular weight excluding hydrogens is 256 g/mol. The van der Waals surface area contributed by atoms with E-state index in [1.54, 1.807) is 12.1 Å². The molecule has 106 valence electrons. The van der Waals surface area contributed by atoms with Crippen molar-refractivity contribution in [3.05, 3.63) is 34.9 Å². The molecule has 1 aromatic carbocycles. The average Bonchev–Trinajstić information content (AvgIpc) is 2.77. The van der Waals surface area contributed by atoms with Crippen molar-refractivity contribution in [1.29, 1.82) is 0 Å². The Labute approximate surface area is 118 Å². The number of likely N-dealkylation sites (tertiary alicyclic amines) is 1. The molecule has 0 aromatic heterocycles. The van der Waals surface area contributed by atoms with Crippen LogP contribution in [0.5, 0.6) is 0 Å². The molecule has 0 bridgehead atoms. The molecule has 2 atom stereocenters. The third kappa shape index (κ3) is 2.99. The Kier molecular flexibility index (Phi) is 4.40. The second kappa shape index (κ2) is 6.06. The van der Waals surface area contributed by atoms with Gasteiger partial charge in [0.1, 0.15) is 0 Å². The highest BCUT2D eigenvalue weighted by molar-refractivity contribution is 5.95. The van der Waals surface area contributed by atoms with Crippen molar-refractivity contribution in [1.82, 2.24) is 4.90 Å². The van der Waals surface area contributed by atoms with Crippen molar-refractivity contribution in [2.24, 2.45) is 5.73 Å². The highest BCUT2D eigenvalue weighted by Gasteiger charge is 2.32. The van der Waals surface area contributed by atoms with Gasteiger partial charge in [0, 0.05) is 24.2 Å². The minimum Gasteiger partial charge on any atom is -0.388 e. The maximum Gasteiger partial charge on any atom is 0.254 e. The van der Waals surface area contributed by atoms with Gasteiger partial charge in [-0.2, -0.15) is 0 Å². The first kappa shape index (κ1) is 14.5. The van der Waals surface area contributed by atoms with Crippen LogP contribution in [-0.4, -0.2) is 52.9 Å². The largest absolute Gasteiger partial charge is 0.388 e. The van der Waals surface area contributed by atoms with Crippen LogP contribution in [0.4, 0.5) is 0 Å². The molecule has 1 heterocycles. The van der Waals surface area contributed by atoms with E-state index in [9.17, 15) is 15.0 Å². The molecule has 0 aliphatic carbocycles. The molecule has 1 amide bonds. The standard InChI is InChI=1S/C15H18N2O3/c1-10-4-5-12(7-11(10)3-2-6-16)15(20)17-8-13(18)14(19)9-17/h4-5,7,13-14,18-19H,6,8-9,16H2,1H3. The number of carbonyl (C=O) groups is 1. The summed E-state index contributed by atoms with van der Waals surface area (Å²) >= 11 is 0. The van der Waals surface area contributed by atoms with Gasteiger partial charge in [0.25, 0.3) is 5.91 Å². The molecule has 20 heavy (non-hydrogen) atoms. The monoisotopic (exact) mass is 274 g/mol. The lowest BCUT2D eigenvalue weighted by Crippen LogP contribution is -2.29. The molecule has 0 radical (unpaired) electrons. The maximum absolute atomic E-state index is 12.3. The lowest BCUT2D eigenvalue weighted by molar-refractivity contribution is 0.0572. The molecule has 4 N–H and O–H groups in total. The van der Waals surface area contributed by atoms with Crippen LogP contribution in [0.15, 0.2) is 18.2 Å². The zero-order chi connectivity index (χ0) is 14.7. The van der Waals surface area contributed by atoms with E-state index in [-0.39, 0.29) is 25.5 Å². The molecule has 5 nitrogen and oxygen atoms in total. The van der Waals surface area contributed by atoms with E-state index >= 15 is 0 Å². The first-order valence-corrected chi connectivity index (χ1v) is 6.48. The van der Waals surface area contributed by atoms with Crippen LogP contribution < -0.4 is 5.73 Å². The van der Waals surface area contributed by atoms with E-state index in [2.05, 4.69) is 11.8 Å². The van der Waals surface area contributed by atoms with Crippen molar-refractivity contribution < 1.29 is 15.0 Å². The fourth-order valence-electron chi connectivity index (χ4n) is 2.15. The second-order valence-corrected chi connectivity index (χ2v) is 4.88. The third-order valence-corrected chi connectivity index (χ3v) is 3.36. The van der Waals surface area contributed by atoms with Crippen LogP contribution in [0.1, 0.15) is 21.5 Å². The number of carbonyl (C=O) groups excluding carboxylic acids is 1. The van der Waals surface area contributed by atoms with Gasteiger partial charge in [-0.3, -0.25) is 4.79 Å². The predicted octanol–water partition coefficient (Wildman–Crippen LogP) is -0.517. The summed E-state index contributed by atoms with van der Waals surface area (Å²) < 4.78 is 0. The van der Waals surface area contributed by atoms with E-state index in [0.29, 0.717) is 5.56 Å². The van der Waals surface area contributed by atoms with E-state index in [1.165, 1.54) is 4.90 Å². The molecular formula is C15H18N2O3. The summed E-state index contributed by atoms with van der Waals surface area (Å²) in [4.78, 5) is 13.8. The summed E-state index contributed by atoms with van der Waals surface area (Å²) in [5, 5.41) is 19.0. The molecule has 2 unspecified atom stereocenters. The van der Waals surface area contributed by atoms with Gasteiger partial charge in [-0.15, -0.1) is 0 Å². The zero-order valence-electron chi connectivity index (χ0n) is 11.3. The summed E-state index contributed by atoms with van der Waals surface area (Å²) in [7, 11) is 0. The molecule has 0 saturated carbocycles. The van der Waals surface area contributed by atoms with Gasteiger partial charge in [-0.05, 0) is 24.6 Å². The van der Waals surface area contributed by atoms with Gasteiger partial charge < -0.3 is 20.8 Å². The normalized spacial score (nSPS) is 21.5. The molecule has 1 aromatic rings. The molecule has 2 rings (SSSR count). The van der Waals surface area contributed by atoms with Gasteiger partial charge in [-0.25, -0.2) is 0 Å². The van der Waals surface area contributed by atoms with Crippen molar-refractivity contribution in [3.63, 3.8) is 0 Å². The smallest absolute Gasteiger partial charge is 0.254 e. The number of nitrogens with zero attached hydrogens (tertiary/aromatic N) is 1. The maximum atomic E-state index is 12.3. The van der Waals surface area contributed by atoms with Crippen LogP contribution in [0.3, 0.4) is 0 Å².